The zero-order valence-corrected chi connectivity index (χ0v) is 13.1. The molecule has 1 fully saturated rings. The molecule has 0 spiro atoms. The molecule has 0 aliphatic carbocycles. The zero-order valence-electron chi connectivity index (χ0n) is 12.4. The normalized spacial score (nSPS) is 17.6. The van der Waals surface area contributed by atoms with Gasteiger partial charge < -0.3 is 14.8 Å². The van der Waals surface area contributed by atoms with Crippen molar-refractivity contribution < 1.29 is 9.47 Å². The van der Waals surface area contributed by atoms with Gasteiger partial charge in [-0.1, -0.05) is 17.7 Å². The molecule has 2 rings (SSSR count). The summed E-state index contributed by atoms with van der Waals surface area (Å²) in [7, 11) is 3.11. The van der Waals surface area contributed by atoms with Crippen LogP contribution in [0.4, 0.5) is 0 Å². The second kappa shape index (κ2) is 7.51. The summed E-state index contributed by atoms with van der Waals surface area (Å²) in [4.78, 5) is 2.15. The summed E-state index contributed by atoms with van der Waals surface area (Å²) >= 11 is 6.43. The molecule has 0 bridgehead atoms. The fraction of sp³-hybridized carbons (Fsp3) is 0.533. The van der Waals surface area contributed by atoms with Gasteiger partial charge in [-0.15, -0.1) is 0 Å². The van der Waals surface area contributed by atoms with Crippen LogP contribution in [0.5, 0.6) is 11.5 Å². The number of ether oxygens (including phenoxy) is 2. The molecule has 0 radical (unpaired) electrons. The first-order valence-corrected chi connectivity index (χ1v) is 7.35. The molecule has 1 atom stereocenters. The van der Waals surface area contributed by atoms with Gasteiger partial charge in [-0.05, 0) is 19.0 Å². The minimum atomic E-state index is -0.378. The van der Waals surface area contributed by atoms with Gasteiger partial charge in [-0.25, -0.2) is 0 Å². The van der Waals surface area contributed by atoms with Crippen molar-refractivity contribution in [2.75, 3.05) is 40.4 Å². The molecule has 1 heterocycles. The van der Waals surface area contributed by atoms with Gasteiger partial charge >= 0.3 is 0 Å². The van der Waals surface area contributed by atoms with Crippen LogP contribution in [0.25, 0.3) is 0 Å². The van der Waals surface area contributed by atoms with Crippen molar-refractivity contribution in [3.63, 3.8) is 0 Å². The van der Waals surface area contributed by atoms with E-state index in [1.807, 2.05) is 6.07 Å². The van der Waals surface area contributed by atoms with Gasteiger partial charge in [0.15, 0.2) is 11.5 Å². The minimum absolute atomic E-state index is 0.378. The van der Waals surface area contributed by atoms with E-state index >= 15 is 0 Å². The summed E-state index contributed by atoms with van der Waals surface area (Å²) in [6.45, 7) is 3.55. The first-order chi connectivity index (χ1) is 10.2. The van der Waals surface area contributed by atoms with Crippen LogP contribution in [0.2, 0.25) is 5.02 Å². The molecule has 5 nitrogen and oxygen atoms in total. The number of nitrogens with zero attached hydrogens (tertiary/aromatic N) is 2. The van der Waals surface area contributed by atoms with Gasteiger partial charge in [-0.2, -0.15) is 5.26 Å². The van der Waals surface area contributed by atoms with Crippen LogP contribution in [-0.2, 0) is 0 Å². The molecular formula is C15H20ClN3O2. The van der Waals surface area contributed by atoms with Gasteiger partial charge in [0.05, 0.1) is 25.3 Å². The van der Waals surface area contributed by atoms with E-state index in [1.54, 1.807) is 20.3 Å². The first-order valence-electron chi connectivity index (χ1n) is 6.97. The summed E-state index contributed by atoms with van der Waals surface area (Å²) in [5.74, 6) is 1.05. The molecule has 0 saturated carbocycles. The number of methoxy groups -OCH3 is 2. The predicted octanol–water partition coefficient (Wildman–Crippen LogP) is 2.22. The Morgan fingerprint density at radius 3 is 2.76 bits per heavy atom. The minimum Gasteiger partial charge on any atom is -0.493 e. The highest BCUT2D eigenvalue weighted by atomic mass is 35.5. The van der Waals surface area contributed by atoms with Crippen LogP contribution in [0.1, 0.15) is 18.0 Å². The highest BCUT2D eigenvalue weighted by Gasteiger charge is 2.25. The summed E-state index contributed by atoms with van der Waals surface area (Å²) in [6.07, 6.45) is 1.02. The third kappa shape index (κ3) is 3.41. The largest absolute Gasteiger partial charge is 0.493 e. The van der Waals surface area contributed by atoms with Gasteiger partial charge in [0.1, 0.15) is 6.04 Å². The maximum absolute atomic E-state index is 9.60. The van der Waals surface area contributed by atoms with E-state index < -0.39 is 0 Å². The molecule has 0 aromatic heterocycles. The van der Waals surface area contributed by atoms with E-state index in [1.165, 1.54) is 0 Å². The topological polar surface area (TPSA) is 57.5 Å². The van der Waals surface area contributed by atoms with Crippen LogP contribution in [-0.4, -0.2) is 45.3 Å². The number of hydrogen-bond acceptors (Lipinski definition) is 5. The van der Waals surface area contributed by atoms with Crippen molar-refractivity contribution in [2.45, 2.75) is 12.5 Å². The number of benzene rings is 1. The van der Waals surface area contributed by atoms with Crippen LogP contribution < -0.4 is 14.8 Å². The fourth-order valence-corrected chi connectivity index (χ4v) is 2.93. The summed E-state index contributed by atoms with van der Waals surface area (Å²) in [5, 5.41) is 13.4. The van der Waals surface area contributed by atoms with E-state index in [-0.39, 0.29) is 6.04 Å². The standard InChI is InChI=1S/C15H20ClN3O2/c1-20-13-5-4-11(14(16)15(13)21-2)12(10-17)19-8-3-6-18-7-9-19/h4-5,12,18H,3,6-9H2,1-2H3. The SMILES string of the molecule is COc1ccc(C(C#N)N2CCCNCC2)c(Cl)c1OC. The molecule has 1 unspecified atom stereocenters. The lowest BCUT2D eigenvalue weighted by molar-refractivity contribution is 0.251. The molecular weight excluding hydrogens is 290 g/mol. The van der Waals surface area contributed by atoms with E-state index in [0.717, 1.165) is 38.2 Å². The van der Waals surface area contributed by atoms with Crippen molar-refractivity contribution in [1.82, 2.24) is 10.2 Å². The van der Waals surface area contributed by atoms with Crippen LogP contribution in [0.15, 0.2) is 12.1 Å². The Morgan fingerprint density at radius 2 is 2.10 bits per heavy atom. The Labute approximate surface area is 130 Å². The van der Waals surface area contributed by atoms with Crippen molar-refractivity contribution in [2.24, 2.45) is 0 Å². The van der Waals surface area contributed by atoms with Gasteiger partial charge in [0.25, 0.3) is 0 Å². The number of nitrogens with one attached hydrogen (secondary N) is 1. The van der Waals surface area contributed by atoms with Crippen LogP contribution in [0.3, 0.4) is 0 Å². The fourth-order valence-electron chi connectivity index (χ4n) is 2.59. The third-order valence-corrected chi connectivity index (χ3v) is 4.06. The second-order valence-electron chi connectivity index (χ2n) is 4.88. The van der Waals surface area contributed by atoms with Crippen molar-refractivity contribution in [1.29, 1.82) is 5.26 Å². The highest BCUT2D eigenvalue weighted by Crippen LogP contribution is 2.40. The first kappa shape index (κ1) is 15.9. The average molecular weight is 310 g/mol. The summed E-state index contributed by atoms with van der Waals surface area (Å²) < 4.78 is 10.6. The molecule has 0 amide bonds. The summed E-state index contributed by atoms with van der Waals surface area (Å²) in [5.41, 5.74) is 0.763. The second-order valence-corrected chi connectivity index (χ2v) is 5.25. The van der Waals surface area contributed by atoms with Crippen LogP contribution in [0, 0.1) is 11.3 Å². The molecule has 1 aliphatic heterocycles. The third-order valence-electron chi connectivity index (χ3n) is 3.67. The Balaban J connectivity index is 2.36. The van der Waals surface area contributed by atoms with Crippen molar-refractivity contribution in [3.05, 3.63) is 22.7 Å². The smallest absolute Gasteiger partial charge is 0.179 e. The molecule has 1 N–H and O–H groups in total. The Bertz CT molecular complexity index is 522. The van der Waals surface area contributed by atoms with E-state index in [9.17, 15) is 5.26 Å². The van der Waals surface area contributed by atoms with E-state index in [0.29, 0.717) is 16.5 Å². The Hall–Kier alpha value is -1.48. The Kier molecular flexibility index (Phi) is 5.68. The molecule has 21 heavy (non-hydrogen) atoms. The maximum Gasteiger partial charge on any atom is 0.179 e. The number of rotatable bonds is 4. The lowest BCUT2D eigenvalue weighted by Crippen LogP contribution is -2.31. The zero-order chi connectivity index (χ0) is 15.2. The lowest BCUT2D eigenvalue weighted by atomic mass is 10.0. The monoisotopic (exact) mass is 309 g/mol. The van der Waals surface area contributed by atoms with Crippen molar-refractivity contribution >= 4 is 11.6 Å². The number of nitriles is 1. The van der Waals surface area contributed by atoms with Gasteiger partial charge in [0.2, 0.25) is 0 Å². The Morgan fingerprint density at radius 1 is 1.29 bits per heavy atom. The molecule has 1 aromatic carbocycles. The van der Waals surface area contributed by atoms with Crippen molar-refractivity contribution in [3.8, 4) is 17.6 Å². The van der Waals surface area contributed by atoms with E-state index in [2.05, 4.69) is 16.3 Å². The highest BCUT2D eigenvalue weighted by molar-refractivity contribution is 6.33. The predicted molar refractivity (Wildman–Crippen MR) is 82.0 cm³/mol. The molecule has 1 aliphatic rings. The van der Waals surface area contributed by atoms with Gasteiger partial charge in [0, 0.05) is 25.2 Å². The quantitative estimate of drug-likeness (QED) is 0.924. The van der Waals surface area contributed by atoms with Gasteiger partial charge in [-0.3, -0.25) is 4.90 Å². The van der Waals surface area contributed by atoms with E-state index in [4.69, 9.17) is 21.1 Å². The molecule has 1 saturated heterocycles. The average Bonchev–Trinajstić information content (AvgIpc) is 2.78. The molecule has 114 valence electrons. The lowest BCUT2D eigenvalue weighted by Gasteiger charge is -2.26. The molecule has 1 aromatic rings. The summed E-state index contributed by atoms with van der Waals surface area (Å²) in [6, 6.07) is 5.62. The molecule has 6 heteroatoms. The number of halogens is 1. The maximum atomic E-state index is 9.60. The number of hydrogen-bond donors (Lipinski definition) is 1. The van der Waals surface area contributed by atoms with Crippen LogP contribution >= 0.6 is 11.6 Å².